The molecule has 0 aliphatic carbocycles. The Morgan fingerprint density at radius 2 is 1.69 bits per heavy atom. The van der Waals surface area contributed by atoms with Crippen LogP contribution in [0.1, 0.15) is 36.5 Å². The molecule has 0 N–H and O–H groups in total. The summed E-state index contributed by atoms with van der Waals surface area (Å²) in [5.74, 6) is 0.538. The maximum absolute atomic E-state index is 13.0. The van der Waals surface area contributed by atoms with Gasteiger partial charge in [0.05, 0.1) is 10.5 Å². The number of sulfonamides is 1. The molecular weight excluding hydrogens is 430 g/mol. The second-order valence-electron chi connectivity index (χ2n) is 8.24. The first-order valence-corrected chi connectivity index (χ1v) is 11.9. The second kappa shape index (κ2) is 9.22. The highest BCUT2D eigenvalue weighted by Gasteiger charge is 2.31. The van der Waals surface area contributed by atoms with Gasteiger partial charge in [-0.15, -0.1) is 10.2 Å². The molecule has 2 atom stereocenters. The van der Waals surface area contributed by atoms with Crippen LogP contribution in [0.5, 0.6) is 0 Å². The zero-order valence-corrected chi connectivity index (χ0v) is 18.8. The van der Waals surface area contributed by atoms with Gasteiger partial charge in [0.15, 0.2) is 6.61 Å². The van der Waals surface area contributed by atoms with Gasteiger partial charge in [0, 0.05) is 18.7 Å². The summed E-state index contributed by atoms with van der Waals surface area (Å²) in [5, 5.41) is 7.84. The van der Waals surface area contributed by atoms with Crippen LogP contribution in [-0.4, -0.2) is 42.0 Å². The molecule has 0 saturated carbocycles. The Bertz CT molecular complexity index is 1170. The van der Waals surface area contributed by atoms with Crippen LogP contribution in [0.15, 0.2) is 63.9 Å². The van der Waals surface area contributed by atoms with Crippen molar-refractivity contribution in [3.63, 3.8) is 0 Å². The van der Waals surface area contributed by atoms with E-state index in [4.69, 9.17) is 9.15 Å². The van der Waals surface area contributed by atoms with E-state index in [1.54, 1.807) is 0 Å². The highest BCUT2D eigenvalue weighted by molar-refractivity contribution is 7.89. The van der Waals surface area contributed by atoms with E-state index in [0.717, 1.165) is 12.0 Å². The van der Waals surface area contributed by atoms with Crippen LogP contribution in [0.25, 0.3) is 11.5 Å². The number of hydrogen-bond acceptors (Lipinski definition) is 7. The van der Waals surface area contributed by atoms with Gasteiger partial charge in [0.1, 0.15) is 0 Å². The number of aromatic nitrogens is 2. The van der Waals surface area contributed by atoms with Crippen molar-refractivity contribution in [2.45, 2.75) is 31.8 Å². The van der Waals surface area contributed by atoms with Crippen LogP contribution in [0.2, 0.25) is 0 Å². The van der Waals surface area contributed by atoms with Gasteiger partial charge in [-0.1, -0.05) is 32.0 Å². The lowest BCUT2D eigenvalue weighted by Gasteiger charge is -2.34. The molecule has 0 radical (unpaired) electrons. The summed E-state index contributed by atoms with van der Waals surface area (Å²) in [6, 6.07) is 15.1. The quantitative estimate of drug-likeness (QED) is 0.521. The van der Waals surface area contributed by atoms with E-state index in [2.05, 4.69) is 24.0 Å². The van der Waals surface area contributed by atoms with Crippen molar-refractivity contribution < 1.29 is 22.4 Å². The molecule has 2 aromatic carbocycles. The Hall–Kier alpha value is -3.04. The highest BCUT2D eigenvalue weighted by atomic mass is 32.2. The molecule has 0 amide bonds. The minimum Gasteiger partial charge on any atom is -0.452 e. The maximum atomic E-state index is 13.0. The number of nitrogens with zero attached hydrogens (tertiary/aromatic N) is 3. The molecule has 32 heavy (non-hydrogen) atoms. The molecule has 1 fully saturated rings. The standard InChI is InChI=1S/C23H25N3O5S/c1-16-12-17(2)14-26(13-16)32(28,29)20-10-8-19(9-11-20)23(27)30-15-21-24-25-22(31-21)18-6-4-3-5-7-18/h3-11,16-17H,12-15H2,1-2H3. The summed E-state index contributed by atoms with van der Waals surface area (Å²) in [6.45, 7) is 4.95. The zero-order valence-electron chi connectivity index (χ0n) is 18.0. The van der Waals surface area contributed by atoms with E-state index in [-0.39, 0.29) is 23.0 Å². The number of piperidine rings is 1. The summed E-state index contributed by atoms with van der Waals surface area (Å²) in [7, 11) is -3.60. The average Bonchev–Trinajstić information content (AvgIpc) is 3.27. The van der Waals surface area contributed by atoms with Crippen LogP contribution in [-0.2, 0) is 21.4 Å². The maximum Gasteiger partial charge on any atom is 0.338 e. The third-order valence-corrected chi connectivity index (χ3v) is 7.22. The number of esters is 1. The molecule has 2 unspecified atom stereocenters. The number of carbonyl (C=O) groups excluding carboxylic acids is 1. The van der Waals surface area contributed by atoms with E-state index in [1.165, 1.54) is 28.6 Å². The second-order valence-corrected chi connectivity index (χ2v) is 10.2. The number of carbonyl (C=O) groups is 1. The Labute approximate surface area is 187 Å². The number of ether oxygens (including phenoxy) is 1. The van der Waals surface area contributed by atoms with Crippen LogP contribution >= 0.6 is 0 Å². The fraction of sp³-hybridized carbons (Fsp3) is 0.348. The van der Waals surface area contributed by atoms with Gasteiger partial charge in [-0.05, 0) is 54.7 Å². The molecule has 2 heterocycles. The van der Waals surface area contributed by atoms with Crippen molar-refractivity contribution in [2.24, 2.45) is 11.8 Å². The first kappa shape index (κ1) is 22.2. The first-order chi connectivity index (χ1) is 15.3. The zero-order chi connectivity index (χ0) is 22.7. The third kappa shape index (κ3) is 4.89. The molecule has 1 aliphatic rings. The molecular formula is C23H25N3O5S. The van der Waals surface area contributed by atoms with Crippen LogP contribution in [0.3, 0.4) is 0 Å². The fourth-order valence-electron chi connectivity index (χ4n) is 3.93. The monoisotopic (exact) mass is 455 g/mol. The van der Waals surface area contributed by atoms with Crippen molar-refractivity contribution in [1.29, 1.82) is 0 Å². The topological polar surface area (TPSA) is 103 Å². The van der Waals surface area contributed by atoms with Gasteiger partial charge in [-0.25, -0.2) is 13.2 Å². The van der Waals surface area contributed by atoms with Crippen LogP contribution in [0.4, 0.5) is 0 Å². The van der Waals surface area contributed by atoms with E-state index >= 15 is 0 Å². The smallest absolute Gasteiger partial charge is 0.338 e. The molecule has 0 bridgehead atoms. The third-order valence-electron chi connectivity index (χ3n) is 5.38. The Kier molecular flexibility index (Phi) is 6.38. The average molecular weight is 456 g/mol. The van der Waals surface area contributed by atoms with Gasteiger partial charge in [0.2, 0.25) is 15.9 Å². The molecule has 1 aromatic heterocycles. The molecule has 1 aliphatic heterocycles. The van der Waals surface area contributed by atoms with Crippen molar-refractivity contribution in [3.05, 3.63) is 66.1 Å². The first-order valence-electron chi connectivity index (χ1n) is 10.5. The number of rotatable bonds is 6. The Balaban J connectivity index is 1.39. The van der Waals surface area contributed by atoms with Crippen molar-refractivity contribution in [2.75, 3.05) is 13.1 Å². The minimum atomic E-state index is -3.60. The van der Waals surface area contributed by atoms with Gasteiger partial charge in [-0.2, -0.15) is 4.31 Å². The summed E-state index contributed by atoms with van der Waals surface area (Å²) in [4.78, 5) is 12.5. The highest BCUT2D eigenvalue weighted by Crippen LogP contribution is 2.27. The van der Waals surface area contributed by atoms with Crippen molar-refractivity contribution >= 4 is 16.0 Å². The summed E-state index contributed by atoms with van der Waals surface area (Å²) >= 11 is 0. The minimum absolute atomic E-state index is 0.166. The number of hydrogen-bond donors (Lipinski definition) is 0. The molecule has 168 valence electrons. The lowest BCUT2D eigenvalue weighted by atomic mass is 9.94. The van der Waals surface area contributed by atoms with Gasteiger partial charge in [-0.3, -0.25) is 0 Å². The number of benzene rings is 2. The Morgan fingerprint density at radius 3 is 2.34 bits per heavy atom. The SMILES string of the molecule is CC1CC(C)CN(S(=O)(=O)c2ccc(C(=O)OCc3nnc(-c4ccccc4)o3)cc2)C1. The van der Waals surface area contributed by atoms with Crippen molar-refractivity contribution in [3.8, 4) is 11.5 Å². The summed E-state index contributed by atoms with van der Waals surface area (Å²) in [5.41, 5.74) is 1.01. The van der Waals surface area contributed by atoms with E-state index in [0.29, 0.717) is 30.8 Å². The largest absolute Gasteiger partial charge is 0.452 e. The summed E-state index contributed by atoms with van der Waals surface area (Å²) in [6.07, 6.45) is 1.02. The molecule has 9 heteroatoms. The van der Waals surface area contributed by atoms with Gasteiger partial charge >= 0.3 is 5.97 Å². The molecule has 8 nitrogen and oxygen atoms in total. The van der Waals surface area contributed by atoms with E-state index in [1.807, 2.05) is 30.3 Å². The predicted octanol–water partition coefficient (Wildman–Crippen LogP) is 3.76. The van der Waals surface area contributed by atoms with E-state index in [9.17, 15) is 13.2 Å². The lowest BCUT2D eigenvalue weighted by Crippen LogP contribution is -2.42. The molecule has 1 saturated heterocycles. The normalized spacial score (nSPS) is 19.6. The molecule has 4 rings (SSSR count). The van der Waals surface area contributed by atoms with Crippen LogP contribution < -0.4 is 0 Å². The van der Waals surface area contributed by atoms with E-state index < -0.39 is 16.0 Å². The summed E-state index contributed by atoms with van der Waals surface area (Å²) < 4.78 is 38.2. The lowest BCUT2D eigenvalue weighted by molar-refractivity contribution is 0.0438. The van der Waals surface area contributed by atoms with Crippen LogP contribution in [0, 0.1) is 11.8 Å². The van der Waals surface area contributed by atoms with Crippen molar-refractivity contribution in [1.82, 2.24) is 14.5 Å². The van der Waals surface area contributed by atoms with Gasteiger partial charge in [0.25, 0.3) is 5.89 Å². The molecule has 3 aromatic rings. The fourth-order valence-corrected chi connectivity index (χ4v) is 5.61. The predicted molar refractivity (Wildman–Crippen MR) is 117 cm³/mol. The Morgan fingerprint density at radius 1 is 1.03 bits per heavy atom. The molecule has 0 spiro atoms. The van der Waals surface area contributed by atoms with Gasteiger partial charge < -0.3 is 9.15 Å².